The van der Waals surface area contributed by atoms with Gasteiger partial charge in [-0.15, -0.1) is 0 Å². The Balaban J connectivity index is 1.28. The van der Waals surface area contributed by atoms with E-state index in [0.29, 0.717) is 23.8 Å². The number of rotatable bonds is 10. The number of methoxy groups -OCH3 is 1. The van der Waals surface area contributed by atoms with E-state index in [9.17, 15) is 19.6 Å². The van der Waals surface area contributed by atoms with Crippen molar-refractivity contribution in [2.45, 2.75) is 44.1 Å². The van der Waals surface area contributed by atoms with Crippen molar-refractivity contribution in [3.63, 3.8) is 0 Å². The summed E-state index contributed by atoms with van der Waals surface area (Å²) >= 11 is 0. The summed E-state index contributed by atoms with van der Waals surface area (Å²) in [6.07, 6.45) is 2.91. The first-order valence-corrected chi connectivity index (χ1v) is 12.3. The van der Waals surface area contributed by atoms with Crippen molar-refractivity contribution in [2.75, 3.05) is 12.4 Å². The zero-order valence-electron chi connectivity index (χ0n) is 20.0. The number of anilines is 1. The molecule has 0 radical (unpaired) electrons. The Morgan fingerprint density at radius 3 is 2.72 bits per heavy atom. The SMILES string of the molecule is COc1cccc2[nH]c(C(=O)CC(CC3CC3)C(=O)NC(C#N)CC3C(=O)Nc4ccccc43)cc12. The molecule has 5 rings (SSSR count). The van der Waals surface area contributed by atoms with Gasteiger partial charge in [0.2, 0.25) is 11.8 Å². The van der Waals surface area contributed by atoms with Gasteiger partial charge in [-0.3, -0.25) is 14.4 Å². The highest BCUT2D eigenvalue weighted by molar-refractivity contribution is 6.03. The van der Waals surface area contributed by atoms with Crippen LogP contribution in [0.15, 0.2) is 48.5 Å². The Hall–Kier alpha value is -4.12. The largest absolute Gasteiger partial charge is 0.496 e. The number of ether oxygens (including phenoxy) is 1. The average Bonchev–Trinajstić information content (AvgIpc) is 3.50. The highest BCUT2D eigenvalue weighted by Crippen LogP contribution is 2.38. The van der Waals surface area contributed by atoms with Crippen molar-refractivity contribution in [1.29, 1.82) is 5.26 Å². The van der Waals surface area contributed by atoms with E-state index in [1.54, 1.807) is 13.2 Å². The van der Waals surface area contributed by atoms with Gasteiger partial charge in [-0.2, -0.15) is 5.26 Å². The number of amides is 2. The van der Waals surface area contributed by atoms with E-state index in [2.05, 4.69) is 21.7 Å². The molecule has 184 valence electrons. The van der Waals surface area contributed by atoms with E-state index in [1.165, 1.54) is 0 Å². The van der Waals surface area contributed by atoms with Gasteiger partial charge in [-0.25, -0.2) is 0 Å². The summed E-state index contributed by atoms with van der Waals surface area (Å²) < 4.78 is 5.39. The highest BCUT2D eigenvalue weighted by Gasteiger charge is 2.35. The summed E-state index contributed by atoms with van der Waals surface area (Å²) in [5.74, 6) is -0.609. The molecule has 2 amide bonds. The third-order valence-electron chi connectivity index (χ3n) is 7.12. The minimum Gasteiger partial charge on any atom is -0.496 e. The van der Waals surface area contributed by atoms with Gasteiger partial charge in [0.05, 0.1) is 24.8 Å². The van der Waals surface area contributed by atoms with Gasteiger partial charge in [0, 0.05) is 28.9 Å². The molecule has 3 N–H and O–H groups in total. The zero-order valence-corrected chi connectivity index (χ0v) is 20.0. The monoisotopic (exact) mass is 484 g/mol. The fraction of sp³-hybridized carbons (Fsp3) is 0.357. The number of aromatic amines is 1. The van der Waals surface area contributed by atoms with Crippen molar-refractivity contribution in [2.24, 2.45) is 11.8 Å². The zero-order chi connectivity index (χ0) is 25.2. The van der Waals surface area contributed by atoms with Crippen LogP contribution >= 0.6 is 0 Å². The number of ketones is 1. The molecular weight excluding hydrogens is 456 g/mol. The molecule has 1 saturated carbocycles. The van der Waals surface area contributed by atoms with Crippen molar-refractivity contribution in [3.8, 4) is 11.8 Å². The topological polar surface area (TPSA) is 124 Å². The van der Waals surface area contributed by atoms with Crippen molar-refractivity contribution in [1.82, 2.24) is 10.3 Å². The molecule has 0 saturated heterocycles. The van der Waals surface area contributed by atoms with E-state index in [4.69, 9.17) is 4.74 Å². The molecule has 0 spiro atoms. The van der Waals surface area contributed by atoms with E-state index >= 15 is 0 Å². The molecule has 3 atom stereocenters. The smallest absolute Gasteiger partial charge is 0.232 e. The number of fused-ring (bicyclic) bond motifs is 2. The summed E-state index contributed by atoms with van der Waals surface area (Å²) in [4.78, 5) is 42.1. The number of hydrogen-bond acceptors (Lipinski definition) is 5. The fourth-order valence-corrected chi connectivity index (χ4v) is 5.01. The maximum absolute atomic E-state index is 13.3. The van der Waals surface area contributed by atoms with E-state index in [1.807, 2.05) is 42.5 Å². The lowest BCUT2D eigenvalue weighted by Crippen LogP contribution is -2.40. The van der Waals surface area contributed by atoms with Gasteiger partial charge in [0.15, 0.2) is 5.78 Å². The molecule has 1 aromatic heterocycles. The predicted octanol–water partition coefficient (Wildman–Crippen LogP) is 4.30. The molecule has 36 heavy (non-hydrogen) atoms. The van der Waals surface area contributed by atoms with Crippen LogP contribution in [-0.2, 0) is 9.59 Å². The number of H-pyrrole nitrogens is 1. The van der Waals surface area contributed by atoms with E-state index in [0.717, 1.165) is 35.0 Å². The number of carbonyl (C=O) groups excluding carboxylic acids is 3. The summed E-state index contributed by atoms with van der Waals surface area (Å²) in [7, 11) is 1.58. The second-order valence-corrected chi connectivity index (χ2v) is 9.66. The molecule has 3 aromatic rings. The van der Waals surface area contributed by atoms with Gasteiger partial charge in [-0.05, 0) is 48.6 Å². The number of nitriles is 1. The second kappa shape index (κ2) is 9.86. The molecule has 2 heterocycles. The van der Waals surface area contributed by atoms with Crippen LogP contribution in [0.3, 0.4) is 0 Å². The standard InChI is InChI=1S/C28H28N4O4/c1-36-26-8-4-7-23-21(26)14-24(31-23)25(33)12-17(11-16-9-10-16)27(34)30-18(15-29)13-20-19-5-2-3-6-22(19)32-28(20)35/h2-8,14,16-18,20,31H,9-13H2,1H3,(H,30,34)(H,32,35). The predicted molar refractivity (Wildman–Crippen MR) is 135 cm³/mol. The molecule has 8 nitrogen and oxygen atoms in total. The fourth-order valence-electron chi connectivity index (χ4n) is 5.01. The maximum atomic E-state index is 13.3. The number of Topliss-reactive ketones (excluding diaryl/α,β-unsaturated/α-hetero) is 1. The molecule has 1 aliphatic heterocycles. The minimum atomic E-state index is -0.839. The number of para-hydroxylation sites is 1. The van der Waals surface area contributed by atoms with Crippen molar-refractivity contribution in [3.05, 3.63) is 59.8 Å². The number of nitrogens with zero attached hydrogens (tertiary/aromatic N) is 1. The van der Waals surface area contributed by atoms with E-state index < -0.39 is 17.9 Å². The van der Waals surface area contributed by atoms with Crippen LogP contribution in [0.1, 0.15) is 54.1 Å². The lowest BCUT2D eigenvalue weighted by Gasteiger charge is -2.20. The molecule has 8 heteroatoms. The molecule has 2 aliphatic rings. The first-order chi connectivity index (χ1) is 17.5. The normalized spacial score (nSPS) is 18.1. The summed E-state index contributed by atoms with van der Waals surface area (Å²) in [6.45, 7) is 0. The van der Waals surface area contributed by atoms with Crippen molar-refractivity contribution >= 4 is 34.2 Å². The Labute approximate surface area is 209 Å². The van der Waals surface area contributed by atoms with Crippen LogP contribution in [0.4, 0.5) is 5.69 Å². The minimum absolute atomic E-state index is 0.0440. The van der Waals surface area contributed by atoms with Gasteiger partial charge < -0.3 is 20.4 Å². The van der Waals surface area contributed by atoms with Crippen LogP contribution in [0, 0.1) is 23.2 Å². The molecular formula is C28H28N4O4. The van der Waals surface area contributed by atoms with Crippen LogP contribution in [-0.4, -0.2) is 35.7 Å². The first kappa shape index (κ1) is 23.6. The quantitative estimate of drug-likeness (QED) is 0.370. The molecule has 3 unspecified atom stereocenters. The lowest BCUT2D eigenvalue weighted by molar-refractivity contribution is -0.126. The highest BCUT2D eigenvalue weighted by atomic mass is 16.5. The third kappa shape index (κ3) is 4.82. The maximum Gasteiger partial charge on any atom is 0.232 e. The number of benzene rings is 2. The molecule has 1 aliphatic carbocycles. The van der Waals surface area contributed by atoms with Gasteiger partial charge in [-0.1, -0.05) is 37.1 Å². The second-order valence-electron chi connectivity index (χ2n) is 9.66. The van der Waals surface area contributed by atoms with Crippen LogP contribution in [0.5, 0.6) is 5.75 Å². The number of carbonyl (C=O) groups is 3. The summed E-state index contributed by atoms with van der Waals surface area (Å²) in [5, 5.41) is 16.2. The summed E-state index contributed by atoms with van der Waals surface area (Å²) in [6, 6.07) is 16.0. The summed E-state index contributed by atoms with van der Waals surface area (Å²) in [5.41, 5.74) is 2.79. The molecule has 0 bridgehead atoms. The van der Waals surface area contributed by atoms with Crippen LogP contribution < -0.4 is 15.4 Å². The lowest BCUT2D eigenvalue weighted by atomic mass is 9.91. The van der Waals surface area contributed by atoms with Crippen LogP contribution in [0.25, 0.3) is 10.9 Å². The number of aromatic nitrogens is 1. The third-order valence-corrected chi connectivity index (χ3v) is 7.12. The van der Waals surface area contributed by atoms with Crippen molar-refractivity contribution < 1.29 is 19.1 Å². The van der Waals surface area contributed by atoms with Gasteiger partial charge in [0.1, 0.15) is 11.8 Å². The van der Waals surface area contributed by atoms with Gasteiger partial charge in [0.25, 0.3) is 0 Å². The Morgan fingerprint density at radius 2 is 1.97 bits per heavy atom. The van der Waals surface area contributed by atoms with Crippen LogP contribution in [0.2, 0.25) is 0 Å². The molecule has 1 fully saturated rings. The van der Waals surface area contributed by atoms with E-state index in [-0.39, 0.29) is 30.4 Å². The number of nitrogens with one attached hydrogen (secondary N) is 3. The average molecular weight is 485 g/mol. The Kier molecular flexibility index (Phi) is 6.47. The Morgan fingerprint density at radius 1 is 1.17 bits per heavy atom. The molecule has 2 aromatic carbocycles. The first-order valence-electron chi connectivity index (χ1n) is 12.3. The Bertz CT molecular complexity index is 1370. The van der Waals surface area contributed by atoms with Gasteiger partial charge >= 0.3 is 0 Å². The number of hydrogen-bond donors (Lipinski definition) is 3.